The van der Waals surface area contributed by atoms with Crippen LogP contribution in [0.5, 0.6) is 0 Å². The van der Waals surface area contributed by atoms with Gasteiger partial charge in [0.2, 0.25) is 0 Å². The van der Waals surface area contributed by atoms with E-state index in [1.54, 1.807) is 7.11 Å². The molecule has 0 aliphatic rings. The fraction of sp³-hybridized carbons (Fsp3) is 0.700. The first-order chi connectivity index (χ1) is 5.85. The summed E-state index contributed by atoms with van der Waals surface area (Å²) in [6.45, 7) is 3.65. The molecule has 0 radical (unpaired) electrons. The monoisotopic (exact) mass is 170 g/mol. The van der Waals surface area contributed by atoms with Crippen molar-refractivity contribution >= 4 is 6.29 Å². The van der Waals surface area contributed by atoms with Gasteiger partial charge >= 0.3 is 0 Å². The lowest BCUT2D eigenvalue weighted by atomic mass is 10.1. The average molecular weight is 170 g/mol. The molecule has 0 saturated carbocycles. The van der Waals surface area contributed by atoms with Crippen LogP contribution < -0.4 is 0 Å². The molecular formula is C10H18O2. The predicted octanol–water partition coefficient (Wildman–Crippen LogP) is 2.34. The van der Waals surface area contributed by atoms with Gasteiger partial charge in [-0.25, -0.2) is 0 Å². The largest absolute Gasteiger partial charge is 0.381 e. The lowest BCUT2D eigenvalue weighted by Crippen LogP contribution is -2.10. The number of aldehydes is 1. The number of carbonyl (C=O) groups excluding carboxylic acids is 1. The minimum absolute atomic E-state index is 0.246. The normalized spacial score (nSPS) is 12.4. The summed E-state index contributed by atoms with van der Waals surface area (Å²) in [5, 5.41) is 0. The molecule has 0 N–H and O–H groups in total. The molecule has 0 rings (SSSR count). The molecule has 0 amide bonds. The molecule has 0 aliphatic carbocycles. The van der Waals surface area contributed by atoms with E-state index in [0.29, 0.717) is 6.42 Å². The van der Waals surface area contributed by atoms with Crippen LogP contribution in [-0.4, -0.2) is 19.5 Å². The summed E-state index contributed by atoms with van der Waals surface area (Å²) in [5.41, 5.74) is 0. The van der Waals surface area contributed by atoms with Gasteiger partial charge in [-0.05, 0) is 25.7 Å². The van der Waals surface area contributed by atoms with Crippen LogP contribution in [-0.2, 0) is 9.53 Å². The summed E-state index contributed by atoms with van der Waals surface area (Å²) >= 11 is 0. The van der Waals surface area contributed by atoms with Crippen LogP contribution >= 0.6 is 0 Å². The highest BCUT2D eigenvalue weighted by Gasteiger charge is 2.04. The van der Waals surface area contributed by atoms with Gasteiger partial charge in [-0.15, -0.1) is 6.58 Å². The number of allylic oxidation sites excluding steroid dienone is 1. The van der Waals surface area contributed by atoms with E-state index in [0.717, 1.165) is 32.0 Å². The summed E-state index contributed by atoms with van der Waals surface area (Å²) in [7, 11) is 1.70. The lowest BCUT2D eigenvalue weighted by molar-refractivity contribution is -0.108. The number of unbranched alkanes of at least 4 members (excludes halogenated alkanes) is 1. The topological polar surface area (TPSA) is 26.3 Å². The van der Waals surface area contributed by atoms with Crippen molar-refractivity contribution in [3.05, 3.63) is 12.7 Å². The molecule has 1 atom stereocenters. The Bertz CT molecular complexity index is 121. The minimum Gasteiger partial charge on any atom is -0.381 e. The second-order valence-corrected chi connectivity index (χ2v) is 2.82. The standard InChI is InChI=1S/C10H18O2/c1-3-4-5-7-10(12-2)8-6-9-11/h3,9-10H,1,4-8H2,2H3. The number of methoxy groups -OCH3 is 1. The third-order valence-electron chi connectivity index (χ3n) is 1.87. The Kier molecular flexibility index (Phi) is 8.02. The van der Waals surface area contributed by atoms with Gasteiger partial charge in [0.15, 0.2) is 0 Å². The van der Waals surface area contributed by atoms with Crippen LogP contribution in [0.2, 0.25) is 0 Å². The first-order valence-electron chi connectivity index (χ1n) is 4.42. The van der Waals surface area contributed by atoms with Crippen molar-refractivity contribution in [1.29, 1.82) is 0 Å². The molecule has 0 saturated heterocycles. The molecule has 70 valence electrons. The molecule has 0 aromatic carbocycles. The lowest BCUT2D eigenvalue weighted by Gasteiger charge is -2.12. The summed E-state index contributed by atoms with van der Waals surface area (Å²) in [5.74, 6) is 0. The molecule has 0 bridgehead atoms. The molecule has 0 fully saturated rings. The van der Waals surface area contributed by atoms with Crippen molar-refractivity contribution in [3.8, 4) is 0 Å². The zero-order valence-electron chi connectivity index (χ0n) is 7.79. The van der Waals surface area contributed by atoms with Crippen molar-refractivity contribution in [2.45, 2.75) is 38.2 Å². The molecule has 0 spiro atoms. The molecule has 2 heteroatoms. The highest BCUT2D eigenvalue weighted by atomic mass is 16.5. The number of ether oxygens (including phenoxy) is 1. The van der Waals surface area contributed by atoms with E-state index in [1.165, 1.54) is 0 Å². The molecular weight excluding hydrogens is 152 g/mol. The maximum absolute atomic E-state index is 10.1. The number of rotatable bonds is 8. The van der Waals surface area contributed by atoms with E-state index in [9.17, 15) is 4.79 Å². The SMILES string of the molecule is C=CCCCC(CCC=O)OC. The first-order valence-corrected chi connectivity index (χ1v) is 4.42. The van der Waals surface area contributed by atoms with E-state index in [2.05, 4.69) is 6.58 Å². The Balaban J connectivity index is 3.38. The van der Waals surface area contributed by atoms with Crippen molar-refractivity contribution < 1.29 is 9.53 Å². The molecule has 2 nitrogen and oxygen atoms in total. The summed E-state index contributed by atoms with van der Waals surface area (Å²) < 4.78 is 5.21. The van der Waals surface area contributed by atoms with Crippen LogP contribution in [0.3, 0.4) is 0 Å². The fourth-order valence-electron chi connectivity index (χ4n) is 1.12. The maximum Gasteiger partial charge on any atom is 0.120 e. The Morgan fingerprint density at radius 1 is 1.42 bits per heavy atom. The minimum atomic E-state index is 0.246. The average Bonchev–Trinajstić information content (AvgIpc) is 2.11. The van der Waals surface area contributed by atoms with Gasteiger partial charge in [0.1, 0.15) is 6.29 Å². The zero-order valence-corrected chi connectivity index (χ0v) is 7.79. The molecule has 1 unspecified atom stereocenters. The third-order valence-corrected chi connectivity index (χ3v) is 1.87. The second-order valence-electron chi connectivity index (χ2n) is 2.82. The van der Waals surface area contributed by atoms with Crippen LogP contribution in [0.25, 0.3) is 0 Å². The first kappa shape index (κ1) is 11.4. The fourth-order valence-corrected chi connectivity index (χ4v) is 1.12. The number of carbonyl (C=O) groups is 1. The van der Waals surface area contributed by atoms with E-state index >= 15 is 0 Å². The third kappa shape index (κ3) is 6.10. The van der Waals surface area contributed by atoms with Gasteiger partial charge < -0.3 is 9.53 Å². The van der Waals surface area contributed by atoms with Crippen molar-refractivity contribution in [2.75, 3.05) is 7.11 Å². The van der Waals surface area contributed by atoms with Crippen LogP contribution in [0.15, 0.2) is 12.7 Å². The van der Waals surface area contributed by atoms with Gasteiger partial charge in [-0.1, -0.05) is 6.08 Å². The predicted molar refractivity (Wildman–Crippen MR) is 50.1 cm³/mol. The Labute approximate surface area is 74.6 Å². The van der Waals surface area contributed by atoms with E-state index < -0.39 is 0 Å². The molecule has 0 aromatic heterocycles. The Hall–Kier alpha value is -0.630. The zero-order chi connectivity index (χ0) is 9.23. The molecule has 0 aromatic rings. The molecule has 0 heterocycles. The highest BCUT2D eigenvalue weighted by Crippen LogP contribution is 2.09. The van der Waals surface area contributed by atoms with Gasteiger partial charge in [0.25, 0.3) is 0 Å². The number of hydrogen-bond acceptors (Lipinski definition) is 2. The van der Waals surface area contributed by atoms with Gasteiger partial charge in [-0.2, -0.15) is 0 Å². The molecule has 12 heavy (non-hydrogen) atoms. The van der Waals surface area contributed by atoms with Gasteiger partial charge in [-0.3, -0.25) is 0 Å². The Morgan fingerprint density at radius 2 is 2.17 bits per heavy atom. The summed E-state index contributed by atoms with van der Waals surface area (Å²) in [6, 6.07) is 0. The quantitative estimate of drug-likeness (QED) is 0.317. The Morgan fingerprint density at radius 3 is 2.67 bits per heavy atom. The van der Waals surface area contributed by atoms with Crippen LogP contribution in [0.1, 0.15) is 32.1 Å². The van der Waals surface area contributed by atoms with E-state index in [4.69, 9.17) is 4.74 Å². The van der Waals surface area contributed by atoms with E-state index in [1.807, 2.05) is 6.08 Å². The van der Waals surface area contributed by atoms with Crippen molar-refractivity contribution in [3.63, 3.8) is 0 Å². The number of hydrogen-bond donors (Lipinski definition) is 0. The summed E-state index contributed by atoms with van der Waals surface area (Å²) in [6.07, 6.45) is 7.70. The second kappa shape index (κ2) is 8.47. The summed E-state index contributed by atoms with van der Waals surface area (Å²) in [4.78, 5) is 10.1. The van der Waals surface area contributed by atoms with Crippen LogP contribution in [0.4, 0.5) is 0 Å². The van der Waals surface area contributed by atoms with Gasteiger partial charge in [0, 0.05) is 13.5 Å². The molecule has 0 aliphatic heterocycles. The van der Waals surface area contributed by atoms with E-state index in [-0.39, 0.29) is 6.10 Å². The van der Waals surface area contributed by atoms with Crippen LogP contribution in [0, 0.1) is 0 Å². The smallest absolute Gasteiger partial charge is 0.120 e. The maximum atomic E-state index is 10.1. The highest BCUT2D eigenvalue weighted by molar-refractivity contribution is 5.49. The van der Waals surface area contributed by atoms with Crippen molar-refractivity contribution in [2.24, 2.45) is 0 Å². The van der Waals surface area contributed by atoms with Crippen molar-refractivity contribution in [1.82, 2.24) is 0 Å². The van der Waals surface area contributed by atoms with Gasteiger partial charge in [0.05, 0.1) is 6.10 Å².